The molecule has 0 aliphatic heterocycles. The van der Waals surface area contributed by atoms with Gasteiger partial charge in [-0.1, -0.05) is 30.3 Å². The van der Waals surface area contributed by atoms with E-state index in [-0.39, 0.29) is 6.61 Å². The topological polar surface area (TPSA) is 111 Å². The quantitative estimate of drug-likeness (QED) is 0.622. The number of rotatable bonds is 8. The Kier molecular flexibility index (Phi) is 7.70. The van der Waals surface area contributed by atoms with Gasteiger partial charge < -0.3 is 25.6 Å². The Hall–Kier alpha value is -2.28. The molecule has 0 aliphatic carbocycles. The molecule has 0 fully saturated rings. The van der Waals surface area contributed by atoms with Gasteiger partial charge in [0.05, 0.1) is 6.61 Å². The van der Waals surface area contributed by atoms with Crippen LogP contribution < -0.4 is 11.1 Å². The zero-order chi connectivity index (χ0) is 18.9. The fourth-order valence-electron chi connectivity index (χ4n) is 2.44. The van der Waals surface area contributed by atoms with E-state index in [1.807, 2.05) is 30.3 Å². The molecule has 1 atom stereocenters. The molecular formula is C18H28N2O5. The van der Waals surface area contributed by atoms with E-state index in [4.69, 9.17) is 15.2 Å². The zero-order valence-electron chi connectivity index (χ0n) is 15.1. The first kappa shape index (κ1) is 20.8. The van der Waals surface area contributed by atoms with Crippen LogP contribution in [0.25, 0.3) is 0 Å². The number of ether oxygens (including phenoxy) is 2. The maximum Gasteiger partial charge on any atom is 0.407 e. The normalized spacial score (nSPS) is 13.6. The van der Waals surface area contributed by atoms with Crippen molar-refractivity contribution in [2.45, 2.75) is 51.2 Å². The monoisotopic (exact) mass is 352 g/mol. The van der Waals surface area contributed by atoms with Gasteiger partial charge in [-0.2, -0.15) is 0 Å². The van der Waals surface area contributed by atoms with Crippen LogP contribution in [0.5, 0.6) is 0 Å². The van der Waals surface area contributed by atoms with Gasteiger partial charge in [0.1, 0.15) is 11.2 Å². The summed E-state index contributed by atoms with van der Waals surface area (Å²) in [7, 11) is 0. The molecule has 0 bridgehead atoms. The smallest absolute Gasteiger partial charge is 0.407 e. The standard InChI is InChI=1S/C18H28N2O5/c1-17(2,3)25-16(23)20-11-7-10-18(13-21,24-15(19)22)12-14-8-5-4-6-9-14/h4-6,8-9,21H,7,10-13H2,1-3H3,(H2,19,22)(H,20,23)/t18-/m0/s1. The number of alkyl carbamates (subject to hydrolysis) is 1. The second-order valence-electron chi connectivity index (χ2n) is 6.96. The molecule has 140 valence electrons. The molecule has 7 heteroatoms. The highest BCUT2D eigenvalue weighted by Gasteiger charge is 2.33. The number of aliphatic hydroxyl groups is 1. The minimum absolute atomic E-state index is 0.327. The molecule has 0 spiro atoms. The second-order valence-corrected chi connectivity index (χ2v) is 6.96. The van der Waals surface area contributed by atoms with Gasteiger partial charge >= 0.3 is 12.2 Å². The van der Waals surface area contributed by atoms with Crippen molar-refractivity contribution in [3.8, 4) is 0 Å². The number of carbonyl (C=O) groups excluding carboxylic acids is 2. The maximum atomic E-state index is 11.6. The van der Waals surface area contributed by atoms with Crippen LogP contribution in [0.3, 0.4) is 0 Å². The van der Waals surface area contributed by atoms with Crippen molar-refractivity contribution in [2.75, 3.05) is 13.2 Å². The van der Waals surface area contributed by atoms with Crippen LogP contribution in [0.4, 0.5) is 9.59 Å². The number of nitrogens with one attached hydrogen (secondary N) is 1. The summed E-state index contributed by atoms with van der Waals surface area (Å²) < 4.78 is 10.4. The number of primary amides is 1. The van der Waals surface area contributed by atoms with Crippen LogP contribution in [-0.4, -0.2) is 41.6 Å². The number of aliphatic hydroxyl groups excluding tert-OH is 1. The molecule has 2 amide bonds. The van der Waals surface area contributed by atoms with Crippen LogP contribution in [0, 0.1) is 0 Å². The number of hydrogen-bond donors (Lipinski definition) is 3. The zero-order valence-corrected chi connectivity index (χ0v) is 15.1. The fraction of sp³-hybridized carbons (Fsp3) is 0.556. The van der Waals surface area contributed by atoms with Crippen LogP contribution in [0.15, 0.2) is 30.3 Å². The third-order valence-corrected chi connectivity index (χ3v) is 3.45. The molecule has 0 aromatic heterocycles. The molecule has 0 saturated carbocycles. The second kappa shape index (κ2) is 9.27. The summed E-state index contributed by atoms with van der Waals surface area (Å²) in [6.45, 7) is 5.31. The summed E-state index contributed by atoms with van der Waals surface area (Å²) >= 11 is 0. The van der Waals surface area contributed by atoms with Crippen molar-refractivity contribution >= 4 is 12.2 Å². The van der Waals surface area contributed by atoms with Gasteiger partial charge in [0.2, 0.25) is 0 Å². The van der Waals surface area contributed by atoms with Gasteiger partial charge in [-0.15, -0.1) is 0 Å². The Morgan fingerprint density at radius 3 is 2.32 bits per heavy atom. The molecule has 1 rings (SSSR count). The molecular weight excluding hydrogens is 324 g/mol. The minimum atomic E-state index is -1.12. The largest absolute Gasteiger partial charge is 0.444 e. The number of nitrogens with two attached hydrogens (primary N) is 1. The summed E-state index contributed by atoms with van der Waals surface area (Å²) in [4.78, 5) is 22.9. The lowest BCUT2D eigenvalue weighted by Gasteiger charge is -2.31. The van der Waals surface area contributed by atoms with E-state index in [0.29, 0.717) is 25.8 Å². The first-order valence-corrected chi connectivity index (χ1v) is 8.26. The maximum absolute atomic E-state index is 11.6. The SMILES string of the molecule is CC(C)(C)OC(=O)NCCC[C@@](CO)(Cc1ccccc1)OC(N)=O. The van der Waals surface area contributed by atoms with Gasteiger partial charge in [-0.3, -0.25) is 0 Å². The van der Waals surface area contributed by atoms with Crippen molar-refractivity contribution < 1.29 is 24.2 Å². The van der Waals surface area contributed by atoms with Gasteiger partial charge in [0, 0.05) is 13.0 Å². The van der Waals surface area contributed by atoms with Gasteiger partial charge in [0.25, 0.3) is 0 Å². The average molecular weight is 352 g/mol. The van der Waals surface area contributed by atoms with E-state index in [2.05, 4.69) is 5.32 Å². The summed E-state index contributed by atoms with van der Waals surface area (Å²) in [6, 6.07) is 9.38. The third-order valence-electron chi connectivity index (χ3n) is 3.45. The lowest BCUT2D eigenvalue weighted by atomic mass is 9.90. The molecule has 25 heavy (non-hydrogen) atoms. The number of benzene rings is 1. The van der Waals surface area contributed by atoms with Crippen LogP contribution in [0.2, 0.25) is 0 Å². The van der Waals surface area contributed by atoms with E-state index in [1.54, 1.807) is 20.8 Å². The van der Waals surface area contributed by atoms with E-state index < -0.39 is 23.4 Å². The highest BCUT2D eigenvalue weighted by molar-refractivity contribution is 5.67. The molecule has 1 aromatic carbocycles. The van der Waals surface area contributed by atoms with Crippen LogP contribution in [0.1, 0.15) is 39.2 Å². The summed E-state index contributed by atoms with van der Waals surface area (Å²) in [5, 5.41) is 12.4. The van der Waals surface area contributed by atoms with Crippen molar-refractivity contribution in [1.82, 2.24) is 5.32 Å². The molecule has 0 saturated heterocycles. The number of carbonyl (C=O) groups is 2. The van der Waals surface area contributed by atoms with E-state index in [9.17, 15) is 14.7 Å². The van der Waals surface area contributed by atoms with Crippen molar-refractivity contribution in [1.29, 1.82) is 0 Å². The number of amides is 2. The first-order valence-electron chi connectivity index (χ1n) is 8.26. The minimum Gasteiger partial charge on any atom is -0.444 e. The van der Waals surface area contributed by atoms with Crippen molar-refractivity contribution in [3.63, 3.8) is 0 Å². The molecule has 1 aromatic rings. The molecule has 0 unspecified atom stereocenters. The Balaban J connectivity index is 2.62. The highest BCUT2D eigenvalue weighted by atomic mass is 16.6. The van der Waals surface area contributed by atoms with Gasteiger partial charge in [-0.25, -0.2) is 9.59 Å². The Morgan fingerprint density at radius 1 is 1.16 bits per heavy atom. The Labute approximate surface area is 148 Å². The summed E-state index contributed by atoms with van der Waals surface area (Å²) in [5.74, 6) is 0. The molecule has 4 N–H and O–H groups in total. The number of hydrogen-bond acceptors (Lipinski definition) is 5. The Morgan fingerprint density at radius 2 is 1.80 bits per heavy atom. The van der Waals surface area contributed by atoms with Crippen LogP contribution >= 0.6 is 0 Å². The van der Waals surface area contributed by atoms with Gasteiger partial charge in [-0.05, 0) is 39.2 Å². The predicted octanol–water partition coefficient (Wildman–Crippen LogP) is 2.36. The van der Waals surface area contributed by atoms with E-state index in [0.717, 1.165) is 5.56 Å². The van der Waals surface area contributed by atoms with E-state index >= 15 is 0 Å². The lowest BCUT2D eigenvalue weighted by molar-refractivity contribution is -0.0333. The lowest BCUT2D eigenvalue weighted by Crippen LogP contribution is -2.43. The first-order chi connectivity index (χ1) is 11.7. The molecule has 0 heterocycles. The molecule has 0 aliphatic rings. The third kappa shape index (κ3) is 8.39. The highest BCUT2D eigenvalue weighted by Crippen LogP contribution is 2.23. The van der Waals surface area contributed by atoms with Crippen molar-refractivity contribution in [2.24, 2.45) is 5.73 Å². The molecule has 7 nitrogen and oxygen atoms in total. The Bertz CT molecular complexity index is 556. The van der Waals surface area contributed by atoms with Gasteiger partial charge in [0.15, 0.2) is 0 Å². The van der Waals surface area contributed by atoms with Crippen molar-refractivity contribution in [3.05, 3.63) is 35.9 Å². The molecule has 0 radical (unpaired) electrons. The fourth-order valence-corrected chi connectivity index (χ4v) is 2.44. The average Bonchev–Trinajstić information content (AvgIpc) is 2.50. The van der Waals surface area contributed by atoms with E-state index in [1.165, 1.54) is 0 Å². The predicted molar refractivity (Wildman–Crippen MR) is 94.1 cm³/mol. The summed E-state index contributed by atoms with van der Waals surface area (Å²) in [6.07, 6.45) is -0.289. The summed E-state index contributed by atoms with van der Waals surface area (Å²) in [5.41, 5.74) is 4.39. The van der Waals surface area contributed by atoms with Crippen LogP contribution in [-0.2, 0) is 15.9 Å².